The van der Waals surface area contributed by atoms with E-state index in [0.29, 0.717) is 17.8 Å². The maximum Gasteiger partial charge on any atom is 0.251 e. The molecule has 150 valence electrons. The fourth-order valence-corrected chi connectivity index (χ4v) is 3.47. The Bertz CT molecular complexity index is 776. The van der Waals surface area contributed by atoms with Gasteiger partial charge in [-0.2, -0.15) is 0 Å². The highest BCUT2D eigenvalue weighted by atomic mass is 35.5. The van der Waals surface area contributed by atoms with Crippen molar-refractivity contribution in [3.8, 4) is 0 Å². The second kappa shape index (κ2) is 10.8. The molecule has 0 heterocycles. The molecule has 2 aromatic carbocycles. The topological polar surface area (TPSA) is 84.2 Å². The first-order valence-corrected chi connectivity index (χ1v) is 9.63. The van der Waals surface area contributed by atoms with Gasteiger partial charge in [0.1, 0.15) is 0 Å². The predicted molar refractivity (Wildman–Crippen MR) is 115 cm³/mol. The molecule has 1 fully saturated rings. The van der Waals surface area contributed by atoms with Gasteiger partial charge in [0.25, 0.3) is 5.91 Å². The quantitative estimate of drug-likeness (QED) is 0.682. The van der Waals surface area contributed by atoms with Gasteiger partial charge in [-0.3, -0.25) is 9.59 Å². The lowest BCUT2D eigenvalue weighted by Gasteiger charge is -2.20. The minimum Gasteiger partial charge on any atom is -0.350 e. The largest absolute Gasteiger partial charge is 0.350 e. The summed E-state index contributed by atoms with van der Waals surface area (Å²) in [5.41, 5.74) is 8.27. The number of hydrogen-bond donors (Lipinski definition) is 3. The average Bonchev–Trinajstić information content (AvgIpc) is 2.73. The molecule has 2 aromatic rings. The maximum absolute atomic E-state index is 12.4. The molecule has 0 spiro atoms. The first kappa shape index (κ1) is 21.9. The van der Waals surface area contributed by atoms with Gasteiger partial charge in [0.2, 0.25) is 5.91 Å². The first-order chi connectivity index (χ1) is 13.1. The molecule has 0 aromatic heterocycles. The van der Waals surface area contributed by atoms with E-state index in [2.05, 4.69) is 10.6 Å². The zero-order chi connectivity index (χ0) is 19.1. The molecule has 0 radical (unpaired) electrons. The molecule has 1 atom stereocenters. The van der Waals surface area contributed by atoms with Crippen molar-refractivity contribution in [2.45, 2.75) is 38.1 Å². The molecule has 28 heavy (non-hydrogen) atoms. The number of anilines is 1. The Balaban J connectivity index is 0.00000280. The van der Waals surface area contributed by atoms with Crippen LogP contribution in [0.1, 0.15) is 54.1 Å². The lowest BCUT2D eigenvalue weighted by atomic mass is 9.88. The zero-order valence-corrected chi connectivity index (χ0v) is 16.7. The predicted octanol–water partition coefficient (Wildman–Crippen LogP) is 4.06. The number of amides is 2. The van der Waals surface area contributed by atoms with E-state index in [1.54, 1.807) is 18.2 Å². The normalized spacial score (nSPS) is 15.2. The summed E-state index contributed by atoms with van der Waals surface area (Å²) < 4.78 is 0. The SMILES string of the molecule is Cl.NC(CNC(=O)c1cccc(NC(=O)C2CCCCC2)c1)c1ccccc1. The highest BCUT2D eigenvalue weighted by molar-refractivity contribution is 5.97. The van der Waals surface area contributed by atoms with Crippen LogP contribution in [0.3, 0.4) is 0 Å². The van der Waals surface area contributed by atoms with Crippen LogP contribution in [-0.4, -0.2) is 18.4 Å². The number of benzene rings is 2. The van der Waals surface area contributed by atoms with Gasteiger partial charge >= 0.3 is 0 Å². The molecule has 0 bridgehead atoms. The molecule has 6 heteroatoms. The van der Waals surface area contributed by atoms with Crippen LogP contribution in [0.2, 0.25) is 0 Å². The standard InChI is InChI=1S/C22H27N3O2.ClH/c23-20(16-8-3-1-4-9-16)15-24-21(26)18-12-7-13-19(14-18)25-22(27)17-10-5-2-6-11-17;/h1,3-4,7-9,12-14,17,20H,2,5-6,10-11,15,23H2,(H,24,26)(H,25,27);1H. The average molecular weight is 402 g/mol. The Morgan fingerprint density at radius 1 is 1.00 bits per heavy atom. The fourth-order valence-electron chi connectivity index (χ4n) is 3.47. The van der Waals surface area contributed by atoms with Crippen LogP contribution < -0.4 is 16.4 Å². The van der Waals surface area contributed by atoms with Crippen molar-refractivity contribution in [2.75, 3.05) is 11.9 Å². The van der Waals surface area contributed by atoms with Crippen molar-refractivity contribution >= 4 is 29.9 Å². The minimum absolute atomic E-state index is 0. The van der Waals surface area contributed by atoms with Crippen molar-refractivity contribution in [2.24, 2.45) is 11.7 Å². The summed E-state index contributed by atoms with van der Waals surface area (Å²) in [6.07, 6.45) is 5.34. The summed E-state index contributed by atoms with van der Waals surface area (Å²) in [5.74, 6) is -0.0615. The Labute approximate surface area is 172 Å². The molecule has 0 saturated heterocycles. The molecule has 1 aliphatic rings. The van der Waals surface area contributed by atoms with Crippen molar-refractivity contribution < 1.29 is 9.59 Å². The summed E-state index contributed by atoms with van der Waals surface area (Å²) >= 11 is 0. The Morgan fingerprint density at radius 3 is 2.43 bits per heavy atom. The molecule has 3 rings (SSSR count). The van der Waals surface area contributed by atoms with Gasteiger partial charge in [0.15, 0.2) is 0 Å². The van der Waals surface area contributed by atoms with Crippen LogP contribution in [0, 0.1) is 5.92 Å². The lowest BCUT2D eigenvalue weighted by Crippen LogP contribution is -2.32. The third-order valence-corrected chi connectivity index (χ3v) is 5.08. The number of carbonyl (C=O) groups excluding carboxylic acids is 2. The number of halogens is 1. The fraction of sp³-hybridized carbons (Fsp3) is 0.364. The number of rotatable bonds is 6. The minimum atomic E-state index is -0.260. The summed E-state index contributed by atoms with van der Waals surface area (Å²) in [5, 5.41) is 5.82. The maximum atomic E-state index is 12.4. The van der Waals surface area contributed by atoms with Gasteiger partial charge in [-0.1, -0.05) is 55.7 Å². The third-order valence-electron chi connectivity index (χ3n) is 5.08. The molecule has 5 nitrogen and oxygen atoms in total. The highest BCUT2D eigenvalue weighted by Crippen LogP contribution is 2.25. The Morgan fingerprint density at radius 2 is 1.71 bits per heavy atom. The van der Waals surface area contributed by atoms with Gasteiger partial charge in [-0.15, -0.1) is 12.4 Å². The van der Waals surface area contributed by atoms with E-state index in [-0.39, 0.29) is 36.2 Å². The van der Waals surface area contributed by atoms with E-state index in [9.17, 15) is 9.59 Å². The molecular formula is C22H28ClN3O2. The first-order valence-electron chi connectivity index (χ1n) is 9.63. The van der Waals surface area contributed by atoms with Crippen LogP contribution in [0.4, 0.5) is 5.69 Å². The van der Waals surface area contributed by atoms with E-state index >= 15 is 0 Å². The van der Waals surface area contributed by atoms with E-state index in [0.717, 1.165) is 31.2 Å². The molecule has 0 aliphatic heterocycles. The number of carbonyl (C=O) groups is 2. The molecule has 1 unspecified atom stereocenters. The van der Waals surface area contributed by atoms with Gasteiger partial charge in [0.05, 0.1) is 0 Å². The summed E-state index contributed by atoms with van der Waals surface area (Å²) in [6, 6.07) is 16.5. The van der Waals surface area contributed by atoms with E-state index in [1.807, 2.05) is 36.4 Å². The van der Waals surface area contributed by atoms with Crippen molar-refractivity contribution in [3.05, 3.63) is 65.7 Å². The lowest BCUT2D eigenvalue weighted by molar-refractivity contribution is -0.120. The van der Waals surface area contributed by atoms with Crippen LogP contribution in [-0.2, 0) is 4.79 Å². The second-order valence-corrected chi connectivity index (χ2v) is 7.13. The molecule has 1 aliphatic carbocycles. The summed E-state index contributed by atoms with van der Waals surface area (Å²) in [7, 11) is 0. The summed E-state index contributed by atoms with van der Waals surface area (Å²) in [6.45, 7) is 0.349. The zero-order valence-electron chi connectivity index (χ0n) is 15.9. The van der Waals surface area contributed by atoms with Crippen molar-refractivity contribution in [1.29, 1.82) is 0 Å². The van der Waals surface area contributed by atoms with Gasteiger partial charge < -0.3 is 16.4 Å². The van der Waals surface area contributed by atoms with Crippen molar-refractivity contribution in [3.63, 3.8) is 0 Å². The van der Waals surface area contributed by atoms with Crippen molar-refractivity contribution in [1.82, 2.24) is 5.32 Å². The van der Waals surface area contributed by atoms with E-state index in [4.69, 9.17) is 5.73 Å². The Kier molecular flexibility index (Phi) is 8.48. The van der Waals surface area contributed by atoms with Crippen LogP contribution in [0.5, 0.6) is 0 Å². The second-order valence-electron chi connectivity index (χ2n) is 7.13. The monoisotopic (exact) mass is 401 g/mol. The van der Waals surface area contributed by atoms with Crippen LogP contribution in [0.15, 0.2) is 54.6 Å². The molecular weight excluding hydrogens is 374 g/mol. The number of nitrogens with two attached hydrogens (primary N) is 1. The number of nitrogens with one attached hydrogen (secondary N) is 2. The highest BCUT2D eigenvalue weighted by Gasteiger charge is 2.21. The van der Waals surface area contributed by atoms with E-state index in [1.165, 1.54) is 6.42 Å². The molecule has 1 saturated carbocycles. The molecule has 4 N–H and O–H groups in total. The van der Waals surface area contributed by atoms with Gasteiger partial charge in [-0.25, -0.2) is 0 Å². The van der Waals surface area contributed by atoms with E-state index < -0.39 is 0 Å². The molecule has 2 amide bonds. The smallest absolute Gasteiger partial charge is 0.251 e. The van der Waals surface area contributed by atoms with Gasteiger partial charge in [-0.05, 0) is 36.6 Å². The van der Waals surface area contributed by atoms with Crippen LogP contribution >= 0.6 is 12.4 Å². The third kappa shape index (κ3) is 6.08. The Hall–Kier alpha value is -2.37. The van der Waals surface area contributed by atoms with Gasteiger partial charge in [0, 0.05) is 29.8 Å². The van der Waals surface area contributed by atoms with Crippen LogP contribution in [0.25, 0.3) is 0 Å². The summed E-state index contributed by atoms with van der Waals surface area (Å²) in [4.78, 5) is 24.8. The number of hydrogen-bond acceptors (Lipinski definition) is 3.